The third-order valence-corrected chi connectivity index (χ3v) is 3.04. The molecule has 1 amide bonds. The zero-order chi connectivity index (χ0) is 15.1. The van der Waals surface area contributed by atoms with Gasteiger partial charge in [-0.2, -0.15) is 0 Å². The molecule has 0 saturated heterocycles. The van der Waals surface area contributed by atoms with Crippen LogP contribution in [0, 0.1) is 5.82 Å². The highest BCUT2D eigenvalue weighted by molar-refractivity contribution is 5.80. The average Bonchev–Trinajstić information content (AvgIpc) is 2.39. The maximum Gasteiger partial charge on any atom is 0.260 e. The van der Waals surface area contributed by atoms with E-state index in [4.69, 9.17) is 10.5 Å². The predicted octanol–water partition coefficient (Wildman–Crippen LogP) is 2.36. The maximum atomic E-state index is 13.6. The summed E-state index contributed by atoms with van der Waals surface area (Å²) < 4.78 is 19.0. The number of carbonyl (C=O) groups is 1. The van der Waals surface area contributed by atoms with Crippen molar-refractivity contribution in [1.82, 2.24) is 5.32 Å². The Hall–Kier alpha value is -1.62. The van der Waals surface area contributed by atoms with Crippen molar-refractivity contribution in [2.24, 2.45) is 5.73 Å². The first kappa shape index (κ1) is 16.4. The van der Waals surface area contributed by atoms with Crippen LogP contribution in [-0.4, -0.2) is 18.1 Å². The van der Waals surface area contributed by atoms with Crippen LogP contribution in [0.4, 0.5) is 4.39 Å². The third kappa shape index (κ3) is 4.81. The van der Waals surface area contributed by atoms with Gasteiger partial charge in [-0.1, -0.05) is 19.4 Å². The summed E-state index contributed by atoms with van der Waals surface area (Å²) in [6.45, 7) is 5.79. The molecule has 0 aliphatic heterocycles. The second-order valence-corrected chi connectivity index (χ2v) is 4.92. The Morgan fingerprint density at radius 2 is 2.15 bits per heavy atom. The number of ether oxygens (including phenoxy) is 1. The standard InChI is InChI=1S/C15H23FN2O2/c1-4-5-10(2)18-15(19)11(3)20-13-7-6-12(9-17)14(16)8-13/h6-8,10-11H,4-5,9,17H2,1-3H3,(H,18,19). The SMILES string of the molecule is CCCC(C)NC(=O)C(C)Oc1ccc(CN)c(F)c1. The van der Waals surface area contributed by atoms with E-state index in [0.29, 0.717) is 11.3 Å². The molecule has 112 valence electrons. The Kier molecular flexibility index (Phi) is 6.45. The van der Waals surface area contributed by atoms with Gasteiger partial charge < -0.3 is 15.8 Å². The zero-order valence-corrected chi connectivity index (χ0v) is 12.3. The number of halogens is 1. The smallest absolute Gasteiger partial charge is 0.260 e. The van der Waals surface area contributed by atoms with Crippen molar-refractivity contribution in [3.05, 3.63) is 29.6 Å². The van der Waals surface area contributed by atoms with E-state index in [1.54, 1.807) is 19.1 Å². The quantitative estimate of drug-likeness (QED) is 0.807. The molecule has 0 saturated carbocycles. The Morgan fingerprint density at radius 3 is 2.70 bits per heavy atom. The van der Waals surface area contributed by atoms with Crippen LogP contribution >= 0.6 is 0 Å². The molecule has 0 heterocycles. The minimum Gasteiger partial charge on any atom is -0.481 e. The van der Waals surface area contributed by atoms with Crippen LogP contribution in [0.3, 0.4) is 0 Å². The Bertz CT molecular complexity index is 451. The largest absolute Gasteiger partial charge is 0.481 e. The molecule has 0 aliphatic carbocycles. The summed E-state index contributed by atoms with van der Waals surface area (Å²) in [5, 5.41) is 2.86. The summed E-state index contributed by atoms with van der Waals surface area (Å²) in [5.41, 5.74) is 5.81. The van der Waals surface area contributed by atoms with E-state index in [-0.39, 0.29) is 18.5 Å². The van der Waals surface area contributed by atoms with Gasteiger partial charge in [0.15, 0.2) is 6.10 Å². The van der Waals surface area contributed by atoms with Gasteiger partial charge in [0.25, 0.3) is 5.91 Å². The molecule has 2 atom stereocenters. The monoisotopic (exact) mass is 282 g/mol. The molecule has 0 fully saturated rings. The Labute approximate surface area is 119 Å². The molecule has 5 heteroatoms. The number of benzene rings is 1. The lowest BCUT2D eigenvalue weighted by Crippen LogP contribution is -2.41. The van der Waals surface area contributed by atoms with E-state index in [9.17, 15) is 9.18 Å². The molecule has 2 unspecified atom stereocenters. The van der Waals surface area contributed by atoms with Crippen molar-refractivity contribution < 1.29 is 13.9 Å². The van der Waals surface area contributed by atoms with Crippen molar-refractivity contribution >= 4 is 5.91 Å². The van der Waals surface area contributed by atoms with Gasteiger partial charge in [-0.15, -0.1) is 0 Å². The van der Waals surface area contributed by atoms with E-state index >= 15 is 0 Å². The van der Waals surface area contributed by atoms with E-state index in [0.717, 1.165) is 12.8 Å². The van der Waals surface area contributed by atoms with Crippen LogP contribution in [0.1, 0.15) is 39.2 Å². The highest BCUT2D eigenvalue weighted by Gasteiger charge is 2.17. The Morgan fingerprint density at radius 1 is 1.45 bits per heavy atom. The van der Waals surface area contributed by atoms with E-state index < -0.39 is 11.9 Å². The van der Waals surface area contributed by atoms with Gasteiger partial charge in [0.1, 0.15) is 11.6 Å². The van der Waals surface area contributed by atoms with Crippen LogP contribution in [0.2, 0.25) is 0 Å². The molecular formula is C15H23FN2O2. The number of hydrogen-bond acceptors (Lipinski definition) is 3. The maximum absolute atomic E-state index is 13.6. The molecule has 3 N–H and O–H groups in total. The van der Waals surface area contributed by atoms with Crippen molar-refractivity contribution in [3.8, 4) is 5.75 Å². The molecule has 1 rings (SSSR count). The molecule has 0 aromatic heterocycles. The minimum atomic E-state index is -0.669. The second kappa shape index (κ2) is 7.85. The number of carbonyl (C=O) groups excluding carboxylic acids is 1. The fraction of sp³-hybridized carbons (Fsp3) is 0.533. The van der Waals surface area contributed by atoms with E-state index in [1.807, 2.05) is 6.92 Å². The normalized spacial score (nSPS) is 13.7. The van der Waals surface area contributed by atoms with Gasteiger partial charge in [-0.05, 0) is 26.3 Å². The van der Waals surface area contributed by atoms with Gasteiger partial charge in [0, 0.05) is 24.2 Å². The van der Waals surface area contributed by atoms with Gasteiger partial charge in [-0.3, -0.25) is 4.79 Å². The molecule has 20 heavy (non-hydrogen) atoms. The number of hydrogen-bond donors (Lipinski definition) is 2. The van der Waals surface area contributed by atoms with E-state index in [2.05, 4.69) is 12.2 Å². The van der Waals surface area contributed by atoms with E-state index in [1.165, 1.54) is 6.07 Å². The van der Waals surface area contributed by atoms with Crippen LogP contribution in [-0.2, 0) is 11.3 Å². The van der Waals surface area contributed by atoms with Crippen molar-refractivity contribution in [2.75, 3.05) is 0 Å². The van der Waals surface area contributed by atoms with Gasteiger partial charge in [-0.25, -0.2) is 4.39 Å². The molecule has 4 nitrogen and oxygen atoms in total. The lowest BCUT2D eigenvalue weighted by Gasteiger charge is -2.18. The van der Waals surface area contributed by atoms with Gasteiger partial charge in [0.05, 0.1) is 0 Å². The topological polar surface area (TPSA) is 64.3 Å². The summed E-state index contributed by atoms with van der Waals surface area (Å²) in [6, 6.07) is 4.54. The molecule has 0 radical (unpaired) electrons. The number of amides is 1. The van der Waals surface area contributed by atoms with Crippen LogP contribution in [0.15, 0.2) is 18.2 Å². The van der Waals surface area contributed by atoms with Crippen LogP contribution in [0.25, 0.3) is 0 Å². The second-order valence-electron chi connectivity index (χ2n) is 4.92. The summed E-state index contributed by atoms with van der Waals surface area (Å²) in [4.78, 5) is 11.9. The first-order chi connectivity index (χ1) is 9.47. The first-order valence-electron chi connectivity index (χ1n) is 6.93. The van der Waals surface area contributed by atoms with Crippen molar-refractivity contribution in [2.45, 2.75) is 52.3 Å². The van der Waals surface area contributed by atoms with Crippen LogP contribution < -0.4 is 15.8 Å². The number of nitrogens with two attached hydrogens (primary N) is 1. The summed E-state index contributed by atoms with van der Waals surface area (Å²) in [7, 11) is 0. The average molecular weight is 282 g/mol. The fourth-order valence-electron chi connectivity index (χ4n) is 1.89. The van der Waals surface area contributed by atoms with Crippen molar-refractivity contribution in [1.29, 1.82) is 0 Å². The zero-order valence-electron chi connectivity index (χ0n) is 12.3. The number of rotatable bonds is 7. The molecule has 0 bridgehead atoms. The van der Waals surface area contributed by atoms with Gasteiger partial charge >= 0.3 is 0 Å². The first-order valence-corrected chi connectivity index (χ1v) is 6.93. The third-order valence-electron chi connectivity index (χ3n) is 3.04. The fourth-order valence-corrected chi connectivity index (χ4v) is 1.89. The molecule has 0 spiro atoms. The predicted molar refractivity (Wildman–Crippen MR) is 76.9 cm³/mol. The molecule has 1 aromatic rings. The Balaban J connectivity index is 2.59. The minimum absolute atomic E-state index is 0.106. The highest BCUT2D eigenvalue weighted by atomic mass is 19.1. The summed E-state index contributed by atoms with van der Waals surface area (Å²) in [5.74, 6) is -0.295. The summed E-state index contributed by atoms with van der Waals surface area (Å²) >= 11 is 0. The van der Waals surface area contributed by atoms with Crippen molar-refractivity contribution in [3.63, 3.8) is 0 Å². The lowest BCUT2D eigenvalue weighted by atomic mass is 10.2. The summed E-state index contributed by atoms with van der Waals surface area (Å²) in [6.07, 6.45) is 1.25. The van der Waals surface area contributed by atoms with Crippen LogP contribution in [0.5, 0.6) is 5.75 Å². The van der Waals surface area contributed by atoms with Gasteiger partial charge in [0.2, 0.25) is 0 Å². The lowest BCUT2D eigenvalue weighted by molar-refractivity contribution is -0.127. The number of nitrogens with one attached hydrogen (secondary N) is 1. The highest BCUT2D eigenvalue weighted by Crippen LogP contribution is 2.17. The molecule has 1 aromatic carbocycles. The molecular weight excluding hydrogens is 259 g/mol. The molecule has 0 aliphatic rings.